The lowest BCUT2D eigenvalue weighted by atomic mass is 10.2. The summed E-state index contributed by atoms with van der Waals surface area (Å²) in [5.74, 6) is 0.102. The fourth-order valence-electron chi connectivity index (χ4n) is 1.70. The van der Waals surface area contributed by atoms with Gasteiger partial charge in [-0.3, -0.25) is 4.31 Å². The third kappa shape index (κ3) is 3.71. The first kappa shape index (κ1) is 14.0. The van der Waals surface area contributed by atoms with Crippen molar-refractivity contribution in [3.8, 4) is 0 Å². The van der Waals surface area contributed by atoms with E-state index in [1.165, 1.54) is 4.31 Å². The van der Waals surface area contributed by atoms with Crippen molar-refractivity contribution in [2.24, 2.45) is 5.73 Å². The topological polar surface area (TPSA) is 63.4 Å². The van der Waals surface area contributed by atoms with Crippen molar-refractivity contribution in [2.45, 2.75) is 20.3 Å². The van der Waals surface area contributed by atoms with E-state index in [1.54, 1.807) is 0 Å². The molecule has 0 atom stereocenters. The van der Waals surface area contributed by atoms with Gasteiger partial charge in [0.15, 0.2) is 0 Å². The van der Waals surface area contributed by atoms with Crippen LogP contribution in [-0.2, 0) is 10.0 Å². The summed E-state index contributed by atoms with van der Waals surface area (Å²) in [4.78, 5) is 0. The third-order valence-corrected chi connectivity index (χ3v) is 4.46. The summed E-state index contributed by atoms with van der Waals surface area (Å²) in [6.45, 7) is 4.62. The Morgan fingerprint density at radius 2 is 2.06 bits per heavy atom. The highest BCUT2D eigenvalue weighted by Gasteiger charge is 2.20. The Morgan fingerprint density at radius 1 is 1.35 bits per heavy atom. The molecule has 4 nitrogen and oxygen atoms in total. The molecule has 0 bridgehead atoms. The Kier molecular flexibility index (Phi) is 4.96. The van der Waals surface area contributed by atoms with Crippen LogP contribution in [0.15, 0.2) is 24.3 Å². The Labute approximate surface area is 103 Å². The molecule has 0 unspecified atom stereocenters. The molecule has 17 heavy (non-hydrogen) atoms. The van der Waals surface area contributed by atoms with Gasteiger partial charge in [0, 0.05) is 6.54 Å². The van der Waals surface area contributed by atoms with Gasteiger partial charge in [0.2, 0.25) is 10.0 Å². The quantitative estimate of drug-likeness (QED) is 0.839. The smallest absolute Gasteiger partial charge is 0.235 e. The van der Waals surface area contributed by atoms with Crippen molar-refractivity contribution >= 4 is 15.7 Å². The fourth-order valence-corrected chi connectivity index (χ4v) is 3.28. The molecule has 0 aromatic heterocycles. The minimum atomic E-state index is -3.25. The Morgan fingerprint density at radius 3 is 2.59 bits per heavy atom. The summed E-state index contributed by atoms with van der Waals surface area (Å²) in [5.41, 5.74) is 7.13. The van der Waals surface area contributed by atoms with Crippen molar-refractivity contribution < 1.29 is 8.42 Å². The van der Waals surface area contributed by atoms with Crippen LogP contribution in [0.25, 0.3) is 0 Å². The maximum atomic E-state index is 12.1. The number of aryl methyl sites for hydroxylation is 1. The number of rotatable bonds is 6. The van der Waals surface area contributed by atoms with Crippen LogP contribution in [0.3, 0.4) is 0 Å². The fraction of sp³-hybridized carbons (Fsp3) is 0.500. The van der Waals surface area contributed by atoms with Crippen LogP contribution in [0.1, 0.15) is 18.9 Å². The first-order valence-corrected chi connectivity index (χ1v) is 7.39. The van der Waals surface area contributed by atoms with Gasteiger partial charge >= 0.3 is 0 Å². The zero-order valence-corrected chi connectivity index (χ0v) is 11.2. The largest absolute Gasteiger partial charge is 0.330 e. The molecule has 0 fully saturated rings. The number of benzene rings is 1. The summed E-state index contributed by atoms with van der Waals surface area (Å²) in [5, 5.41) is 0. The molecule has 96 valence electrons. The maximum Gasteiger partial charge on any atom is 0.235 e. The monoisotopic (exact) mass is 256 g/mol. The van der Waals surface area contributed by atoms with Crippen LogP contribution >= 0.6 is 0 Å². The highest BCUT2D eigenvalue weighted by atomic mass is 32.2. The molecule has 2 N–H and O–H groups in total. The summed E-state index contributed by atoms with van der Waals surface area (Å²) in [6.07, 6.45) is 0.491. The van der Waals surface area contributed by atoms with Crippen LogP contribution in [0.2, 0.25) is 0 Å². The molecule has 0 amide bonds. The van der Waals surface area contributed by atoms with E-state index in [4.69, 9.17) is 5.73 Å². The minimum Gasteiger partial charge on any atom is -0.330 e. The second-order valence-electron chi connectivity index (χ2n) is 3.96. The Bertz CT molecular complexity index is 457. The lowest BCUT2D eigenvalue weighted by Crippen LogP contribution is -2.33. The molecule has 0 aliphatic rings. The summed E-state index contributed by atoms with van der Waals surface area (Å²) < 4.78 is 25.6. The van der Waals surface area contributed by atoms with E-state index in [0.29, 0.717) is 19.5 Å². The number of nitrogens with two attached hydrogens (primary N) is 1. The second-order valence-corrected chi connectivity index (χ2v) is 5.97. The Balaban J connectivity index is 2.99. The summed E-state index contributed by atoms with van der Waals surface area (Å²) >= 11 is 0. The molecule has 0 aliphatic heterocycles. The second kappa shape index (κ2) is 6.02. The lowest BCUT2D eigenvalue weighted by molar-refractivity contribution is 0.589. The van der Waals surface area contributed by atoms with Gasteiger partial charge in [-0.15, -0.1) is 0 Å². The summed E-state index contributed by atoms with van der Waals surface area (Å²) in [7, 11) is -3.25. The van der Waals surface area contributed by atoms with E-state index in [2.05, 4.69) is 0 Å². The van der Waals surface area contributed by atoms with Gasteiger partial charge < -0.3 is 5.73 Å². The van der Waals surface area contributed by atoms with E-state index < -0.39 is 10.0 Å². The minimum absolute atomic E-state index is 0.102. The zero-order chi connectivity index (χ0) is 12.9. The molecule has 1 rings (SSSR count). The lowest BCUT2D eigenvalue weighted by Gasteiger charge is -2.23. The molecule has 0 heterocycles. The SMILES string of the molecule is CCN(c1cccc(C)c1)S(=O)(=O)CCCN. The van der Waals surface area contributed by atoms with Gasteiger partial charge in [-0.25, -0.2) is 8.42 Å². The van der Waals surface area contributed by atoms with Crippen molar-refractivity contribution in [2.75, 3.05) is 23.1 Å². The normalized spacial score (nSPS) is 11.5. The van der Waals surface area contributed by atoms with E-state index in [1.807, 2.05) is 38.1 Å². The molecule has 0 saturated heterocycles. The zero-order valence-electron chi connectivity index (χ0n) is 10.4. The van der Waals surface area contributed by atoms with Crippen LogP contribution in [-0.4, -0.2) is 27.3 Å². The average molecular weight is 256 g/mol. The standard InChI is InChI=1S/C12H20N2O2S/c1-3-14(17(15,16)9-5-8-13)12-7-4-6-11(2)10-12/h4,6-7,10H,3,5,8-9,13H2,1-2H3. The molecule has 1 aromatic rings. The average Bonchev–Trinajstić information content (AvgIpc) is 2.27. The highest BCUT2D eigenvalue weighted by Crippen LogP contribution is 2.19. The molecule has 0 spiro atoms. The number of hydrogen-bond donors (Lipinski definition) is 1. The van der Waals surface area contributed by atoms with Gasteiger partial charge in [-0.1, -0.05) is 12.1 Å². The van der Waals surface area contributed by atoms with Gasteiger partial charge in [-0.2, -0.15) is 0 Å². The molecule has 0 aliphatic carbocycles. The van der Waals surface area contributed by atoms with Crippen molar-refractivity contribution in [3.05, 3.63) is 29.8 Å². The highest BCUT2D eigenvalue weighted by molar-refractivity contribution is 7.92. The van der Waals surface area contributed by atoms with Crippen LogP contribution in [0.5, 0.6) is 0 Å². The number of nitrogens with zero attached hydrogens (tertiary/aromatic N) is 1. The first-order chi connectivity index (χ1) is 8.01. The molecule has 0 saturated carbocycles. The van der Waals surface area contributed by atoms with E-state index >= 15 is 0 Å². The Hall–Kier alpha value is -1.07. The van der Waals surface area contributed by atoms with Crippen LogP contribution in [0.4, 0.5) is 5.69 Å². The molecular weight excluding hydrogens is 236 g/mol. The van der Waals surface area contributed by atoms with Crippen molar-refractivity contribution in [1.82, 2.24) is 0 Å². The van der Waals surface area contributed by atoms with Crippen molar-refractivity contribution in [1.29, 1.82) is 0 Å². The predicted molar refractivity (Wildman–Crippen MR) is 71.7 cm³/mol. The van der Waals surface area contributed by atoms with E-state index in [0.717, 1.165) is 11.3 Å². The molecule has 0 radical (unpaired) electrons. The van der Waals surface area contributed by atoms with Gasteiger partial charge in [0.1, 0.15) is 0 Å². The molecule has 5 heteroatoms. The van der Waals surface area contributed by atoms with Gasteiger partial charge in [-0.05, 0) is 44.5 Å². The number of hydrogen-bond acceptors (Lipinski definition) is 3. The van der Waals surface area contributed by atoms with Crippen LogP contribution < -0.4 is 10.0 Å². The third-order valence-electron chi connectivity index (χ3n) is 2.52. The molecule has 1 aromatic carbocycles. The van der Waals surface area contributed by atoms with E-state index in [9.17, 15) is 8.42 Å². The van der Waals surface area contributed by atoms with Gasteiger partial charge in [0.05, 0.1) is 11.4 Å². The number of anilines is 1. The summed E-state index contributed by atoms with van der Waals surface area (Å²) in [6, 6.07) is 7.51. The van der Waals surface area contributed by atoms with E-state index in [-0.39, 0.29) is 5.75 Å². The maximum absolute atomic E-state index is 12.1. The predicted octanol–water partition coefficient (Wildman–Crippen LogP) is 1.50. The number of sulfonamides is 1. The van der Waals surface area contributed by atoms with Crippen LogP contribution in [0, 0.1) is 6.92 Å². The molecular formula is C12H20N2O2S. The first-order valence-electron chi connectivity index (χ1n) is 5.78. The van der Waals surface area contributed by atoms with Gasteiger partial charge in [0.25, 0.3) is 0 Å². The van der Waals surface area contributed by atoms with Crippen molar-refractivity contribution in [3.63, 3.8) is 0 Å².